The number of nitrogens with one attached hydrogen (secondary N) is 1. The van der Waals surface area contributed by atoms with Crippen molar-refractivity contribution in [3.63, 3.8) is 0 Å². The molecule has 2 fully saturated rings. The number of nitrogens with zero attached hydrogens (tertiary/aromatic N) is 3. The zero-order chi connectivity index (χ0) is 21.6. The number of amides is 1. The fourth-order valence-electron chi connectivity index (χ4n) is 4.94. The highest BCUT2D eigenvalue weighted by Crippen LogP contribution is 2.33. The van der Waals surface area contributed by atoms with Gasteiger partial charge in [-0.3, -0.25) is 10.2 Å². The minimum atomic E-state index is -0.100. The Kier molecular flexibility index (Phi) is 7.28. The number of aromatic nitrogens is 2. The van der Waals surface area contributed by atoms with Crippen LogP contribution < -0.4 is 10.2 Å². The summed E-state index contributed by atoms with van der Waals surface area (Å²) in [5.41, 5.74) is 5.53. The van der Waals surface area contributed by atoms with Crippen LogP contribution in [0.2, 0.25) is 0 Å². The van der Waals surface area contributed by atoms with Crippen LogP contribution in [0, 0.1) is 12.8 Å². The van der Waals surface area contributed by atoms with Crippen molar-refractivity contribution in [2.45, 2.75) is 71.8 Å². The second kappa shape index (κ2) is 10.3. The number of piperidine rings is 1. The van der Waals surface area contributed by atoms with Crippen molar-refractivity contribution < 1.29 is 9.53 Å². The Morgan fingerprint density at radius 1 is 1.10 bits per heavy atom. The van der Waals surface area contributed by atoms with Crippen LogP contribution in [-0.4, -0.2) is 40.2 Å². The van der Waals surface area contributed by atoms with E-state index in [0.717, 1.165) is 55.3 Å². The minimum absolute atomic E-state index is 0.100. The van der Waals surface area contributed by atoms with Crippen molar-refractivity contribution in [1.82, 2.24) is 20.0 Å². The van der Waals surface area contributed by atoms with Gasteiger partial charge < -0.3 is 9.30 Å². The molecule has 31 heavy (non-hydrogen) atoms. The molecule has 0 unspecified atom stereocenters. The number of hydrogen-bond donors (Lipinski definition) is 1. The molecule has 2 aromatic rings. The summed E-state index contributed by atoms with van der Waals surface area (Å²) in [6.07, 6.45) is 9.92. The molecule has 4 rings (SSSR count). The lowest BCUT2D eigenvalue weighted by Crippen LogP contribution is -2.45. The predicted molar refractivity (Wildman–Crippen MR) is 123 cm³/mol. The van der Waals surface area contributed by atoms with Gasteiger partial charge in [0, 0.05) is 25.3 Å². The molecular weight excluding hydrogens is 388 g/mol. The minimum Gasteiger partial charge on any atom is -0.493 e. The van der Waals surface area contributed by atoms with Gasteiger partial charge >= 0.3 is 0 Å². The predicted octanol–water partition coefficient (Wildman–Crippen LogP) is 4.97. The molecule has 1 amide bonds. The average Bonchev–Trinajstić information content (AvgIpc) is 3.12. The van der Waals surface area contributed by atoms with E-state index in [1.807, 2.05) is 37.1 Å². The molecule has 0 bridgehead atoms. The van der Waals surface area contributed by atoms with Gasteiger partial charge in [-0.2, -0.15) is 0 Å². The zero-order valence-corrected chi connectivity index (χ0v) is 19.0. The van der Waals surface area contributed by atoms with Crippen LogP contribution >= 0.6 is 0 Å². The van der Waals surface area contributed by atoms with E-state index >= 15 is 0 Å². The first-order chi connectivity index (χ1) is 15.2. The molecule has 6 heteroatoms. The first-order valence-corrected chi connectivity index (χ1v) is 12.0. The molecule has 6 nitrogen and oxygen atoms in total. The van der Waals surface area contributed by atoms with E-state index in [1.165, 1.54) is 38.5 Å². The fourth-order valence-corrected chi connectivity index (χ4v) is 4.94. The molecule has 0 radical (unpaired) electrons. The van der Waals surface area contributed by atoms with Crippen LogP contribution in [0.15, 0.2) is 24.3 Å². The molecule has 1 aliphatic heterocycles. The summed E-state index contributed by atoms with van der Waals surface area (Å²) in [7, 11) is 0. The average molecular weight is 425 g/mol. The van der Waals surface area contributed by atoms with E-state index < -0.39 is 0 Å². The Balaban J connectivity index is 1.68. The Bertz CT molecular complexity index is 880. The molecule has 0 atom stereocenters. The number of rotatable bonds is 7. The fraction of sp³-hybridized carbons (Fsp3) is 0.600. The van der Waals surface area contributed by atoms with Crippen LogP contribution in [0.25, 0.3) is 11.4 Å². The van der Waals surface area contributed by atoms with Crippen LogP contribution in [0.3, 0.4) is 0 Å². The van der Waals surface area contributed by atoms with E-state index in [1.54, 1.807) is 0 Å². The number of hydrogen-bond acceptors (Lipinski definition) is 4. The number of carbonyl (C=O) groups excluding carboxylic acids is 1. The smallest absolute Gasteiger partial charge is 0.286 e. The van der Waals surface area contributed by atoms with E-state index in [4.69, 9.17) is 9.72 Å². The van der Waals surface area contributed by atoms with Crippen molar-refractivity contribution in [2.75, 3.05) is 19.7 Å². The molecule has 0 spiro atoms. The maximum atomic E-state index is 13.2. The third-order valence-electron chi connectivity index (χ3n) is 6.65. The lowest BCUT2D eigenvalue weighted by Gasteiger charge is -2.26. The summed E-state index contributed by atoms with van der Waals surface area (Å²) in [6, 6.07) is 8.04. The van der Waals surface area contributed by atoms with Crippen molar-refractivity contribution in [3.8, 4) is 17.1 Å². The Hall–Kier alpha value is -2.34. The van der Waals surface area contributed by atoms with Crippen molar-refractivity contribution in [2.24, 2.45) is 5.92 Å². The summed E-state index contributed by atoms with van der Waals surface area (Å²) in [6.45, 7) is 7.36. The molecule has 2 heterocycles. The summed E-state index contributed by atoms with van der Waals surface area (Å²) >= 11 is 0. The van der Waals surface area contributed by atoms with Crippen LogP contribution in [0.4, 0.5) is 0 Å². The lowest BCUT2D eigenvalue weighted by atomic mass is 9.89. The molecule has 1 saturated heterocycles. The topological polar surface area (TPSA) is 59.4 Å². The second-order valence-electron chi connectivity index (χ2n) is 8.90. The maximum absolute atomic E-state index is 13.2. The van der Waals surface area contributed by atoms with Crippen molar-refractivity contribution in [3.05, 3.63) is 35.7 Å². The normalized spacial score (nSPS) is 18.1. The Morgan fingerprint density at radius 2 is 1.81 bits per heavy atom. The van der Waals surface area contributed by atoms with Gasteiger partial charge in [-0.25, -0.2) is 9.99 Å². The van der Waals surface area contributed by atoms with Crippen molar-refractivity contribution in [1.29, 1.82) is 0 Å². The van der Waals surface area contributed by atoms with Crippen LogP contribution in [0.5, 0.6) is 5.75 Å². The number of carbonyl (C=O) groups is 1. The molecular formula is C25H36N4O2. The van der Waals surface area contributed by atoms with Gasteiger partial charge in [0.25, 0.3) is 5.91 Å². The van der Waals surface area contributed by atoms with Crippen LogP contribution in [-0.2, 0) is 6.54 Å². The zero-order valence-electron chi connectivity index (χ0n) is 19.0. The first-order valence-electron chi connectivity index (χ1n) is 12.0. The van der Waals surface area contributed by atoms with Gasteiger partial charge in [0.2, 0.25) is 0 Å². The molecule has 2 aliphatic rings. The van der Waals surface area contributed by atoms with Gasteiger partial charge in [-0.1, -0.05) is 37.8 Å². The number of imidazole rings is 1. The lowest BCUT2D eigenvalue weighted by molar-refractivity contribution is 0.0744. The van der Waals surface area contributed by atoms with E-state index in [2.05, 4.69) is 16.1 Å². The third-order valence-corrected chi connectivity index (χ3v) is 6.65. The quantitative estimate of drug-likeness (QED) is 0.682. The highest BCUT2D eigenvalue weighted by Gasteiger charge is 2.26. The summed E-state index contributed by atoms with van der Waals surface area (Å²) in [5, 5.41) is 2.04. The number of benzene rings is 1. The molecule has 1 aromatic heterocycles. The van der Waals surface area contributed by atoms with Gasteiger partial charge in [0.15, 0.2) is 5.69 Å². The Morgan fingerprint density at radius 3 is 2.55 bits per heavy atom. The SMILES string of the molecule is CCOc1ccccc1-c1nc(C(=O)NN2CCCCC2)c(C)n1CC1CCCCC1. The largest absolute Gasteiger partial charge is 0.493 e. The molecule has 1 N–H and O–H groups in total. The number of hydrazine groups is 1. The highest BCUT2D eigenvalue weighted by atomic mass is 16.5. The molecule has 1 aromatic carbocycles. The van der Waals surface area contributed by atoms with E-state index in [0.29, 0.717) is 18.2 Å². The standard InChI is InChI=1S/C25H36N4O2/c1-3-31-22-15-9-8-14-21(22)24-26-23(25(30)27-28-16-10-5-11-17-28)19(2)29(24)18-20-12-6-4-7-13-20/h8-9,14-15,20H,3-7,10-13,16-18H2,1-2H3,(H,27,30). The second-order valence-corrected chi connectivity index (χ2v) is 8.90. The Labute approximate surface area is 186 Å². The number of ether oxygens (including phenoxy) is 1. The number of para-hydroxylation sites is 1. The van der Waals surface area contributed by atoms with Gasteiger partial charge in [0.05, 0.1) is 12.2 Å². The van der Waals surface area contributed by atoms with E-state index in [-0.39, 0.29) is 5.91 Å². The summed E-state index contributed by atoms with van der Waals surface area (Å²) in [4.78, 5) is 18.1. The third kappa shape index (κ3) is 5.12. The van der Waals surface area contributed by atoms with Crippen molar-refractivity contribution >= 4 is 5.91 Å². The van der Waals surface area contributed by atoms with Gasteiger partial charge in [-0.15, -0.1) is 0 Å². The van der Waals surface area contributed by atoms with Crippen LogP contribution in [0.1, 0.15) is 74.5 Å². The molecule has 1 aliphatic carbocycles. The molecule has 168 valence electrons. The monoisotopic (exact) mass is 424 g/mol. The summed E-state index contributed by atoms with van der Waals surface area (Å²) < 4.78 is 8.17. The molecule has 1 saturated carbocycles. The summed E-state index contributed by atoms with van der Waals surface area (Å²) in [5.74, 6) is 2.20. The van der Waals surface area contributed by atoms with E-state index in [9.17, 15) is 4.79 Å². The first kappa shape index (κ1) is 21.9. The van der Waals surface area contributed by atoms with Gasteiger partial charge in [-0.05, 0) is 57.6 Å². The highest BCUT2D eigenvalue weighted by molar-refractivity contribution is 5.94. The maximum Gasteiger partial charge on any atom is 0.286 e. The van der Waals surface area contributed by atoms with Gasteiger partial charge in [0.1, 0.15) is 11.6 Å².